The number of sulfonamides is 1. The Kier molecular flexibility index (Phi) is 7.04. The van der Waals surface area contributed by atoms with Gasteiger partial charge in [-0.25, -0.2) is 21.6 Å². The van der Waals surface area contributed by atoms with E-state index in [0.717, 1.165) is 0 Å². The van der Waals surface area contributed by atoms with Crippen LogP contribution in [0.15, 0.2) is 52.3 Å². The largest absolute Gasteiger partial charge is 0.495 e. The van der Waals surface area contributed by atoms with Crippen LogP contribution in [0.3, 0.4) is 0 Å². The van der Waals surface area contributed by atoms with Crippen molar-refractivity contribution in [3.63, 3.8) is 0 Å². The topological polar surface area (TPSA) is 119 Å². The number of anilines is 1. The molecule has 0 spiro atoms. The van der Waals surface area contributed by atoms with Crippen molar-refractivity contribution >= 4 is 31.5 Å². The van der Waals surface area contributed by atoms with E-state index in [1.807, 2.05) is 0 Å². The molecule has 2 aromatic rings. The molecule has 2 aromatic carbocycles. The van der Waals surface area contributed by atoms with Crippen molar-refractivity contribution in [1.82, 2.24) is 4.72 Å². The standard InChI is InChI=1S/C19H24N2O6S2/c1-5-28(23,24)17-9-7-6-8-15(17)20-19(22)14-10-11-16(27-4)18(12-14)29(25,26)21-13(2)3/h6-13,21H,5H2,1-4H3,(H,20,22). The molecule has 0 unspecified atom stereocenters. The lowest BCUT2D eigenvalue weighted by molar-refractivity contribution is 0.102. The number of hydrogen-bond acceptors (Lipinski definition) is 6. The number of hydrogen-bond donors (Lipinski definition) is 2. The highest BCUT2D eigenvalue weighted by molar-refractivity contribution is 7.91. The van der Waals surface area contributed by atoms with Gasteiger partial charge in [0.1, 0.15) is 10.6 Å². The Labute approximate surface area is 171 Å². The minimum absolute atomic E-state index is 0.00122. The molecule has 0 aliphatic rings. The summed E-state index contributed by atoms with van der Waals surface area (Å²) in [5.41, 5.74) is 0.165. The van der Waals surface area contributed by atoms with E-state index in [4.69, 9.17) is 4.74 Å². The number of rotatable bonds is 8. The highest BCUT2D eigenvalue weighted by atomic mass is 32.2. The van der Waals surface area contributed by atoms with Gasteiger partial charge in [0.05, 0.1) is 23.4 Å². The summed E-state index contributed by atoms with van der Waals surface area (Å²) in [6, 6.07) is 9.66. The third kappa shape index (κ3) is 5.34. The number of nitrogens with one attached hydrogen (secondary N) is 2. The zero-order valence-corrected chi connectivity index (χ0v) is 18.2. The van der Waals surface area contributed by atoms with Crippen molar-refractivity contribution in [2.75, 3.05) is 18.2 Å². The van der Waals surface area contributed by atoms with Gasteiger partial charge in [-0.15, -0.1) is 0 Å². The molecule has 158 valence electrons. The predicted molar refractivity (Wildman–Crippen MR) is 111 cm³/mol. The lowest BCUT2D eigenvalue weighted by Crippen LogP contribution is -2.30. The quantitative estimate of drug-likeness (QED) is 0.651. The molecular formula is C19H24N2O6S2. The van der Waals surface area contributed by atoms with Gasteiger partial charge in [-0.1, -0.05) is 19.1 Å². The van der Waals surface area contributed by atoms with Gasteiger partial charge in [0.2, 0.25) is 10.0 Å². The van der Waals surface area contributed by atoms with E-state index in [2.05, 4.69) is 10.0 Å². The van der Waals surface area contributed by atoms with Gasteiger partial charge >= 0.3 is 0 Å². The molecule has 1 amide bonds. The van der Waals surface area contributed by atoms with Gasteiger partial charge in [-0.05, 0) is 44.2 Å². The van der Waals surface area contributed by atoms with Gasteiger partial charge in [0, 0.05) is 11.6 Å². The second kappa shape index (κ2) is 8.93. The highest BCUT2D eigenvalue weighted by Crippen LogP contribution is 2.27. The van der Waals surface area contributed by atoms with Gasteiger partial charge in [-0.2, -0.15) is 0 Å². The third-order valence-corrected chi connectivity index (χ3v) is 7.42. The SMILES string of the molecule is CCS(=O)(=O)c1ccccc1NC(=O)c1ccc(OC)c(S(=O)(=O)NC(C)C)c1. The molecule has 0 heterocycles. The van der Waals surface area contributed by atoms with Crippen LogP contribution >= 0.6 is 0 Å². The maximum absolute atomic E-state index is 12.7. The Hall–Kier alpha value is -2.43. The first kappa shape index (κ1) is 22.9. The first-order valence-electron chi connectivity index (χ1n) is 8.85. The fourth-order valence-corrected chi connectivity index (χ4v) is 5.09. The van der Waals surface area contributed by atoms with E-state index >= 15 is 0 Å². The summed E-state index contributed by atoms with van der Waals surface area (Å²) < 4.78 is 57.2. The molecular weight excluding hydrogens is 416 g/mol. The number of amides is 1. The predicted octanol–water partition coefficient (Wildman–Crippen LogP) is 2.43. The van der Waals surface area contributed by atoms with E-state index in [9.17, 15) is 21.6 Å². The lowest BCUT2D eigenvalue weighted by Gasteiger charge is -2.15. The number of para-hydroxylation sites is 1. The van der Waals surface area contributed by atoms with Crippen molar-refractivity contribution in [3.8, 4) is 5.75 Å². The van der Waals surface area contributed by atoms with E-state index in [1.54, 1.807) is 26.0 Å². The van der Waals surface area contributed by atoms with Gasteiger partial charge in [0.25, 0.3) is 5.91 Å². The Bertz CT molecular complexity index is 1110. The molecule has 0 saturated carbocycles. The molecule has 0 saturated heterocycles. The zero-order chi connectivity index (χ0) is 21.8. The molecule has 0 aromatic heterocycles. The molecule has 2 N–H and O–H groups in total. The van der Waals surface area contributed by atoms with Crippen LogP contribution in [-0.2, 0) is 19.9 Å². The molecule has 0 bridgehead atoms. The van der Waals surface area contributed by atoms with Crippen LogP contribution in [0.25, 0.3) is 0 Å². The molecule has 0 atom stereocenters. The van der Waals surface area contributed by atoms with Gasteiger partial charge < -0.3 is 10.1 Å². The fraction of sp³-hybridized carbons (Fsp3) is 0.316. The summed E-state index contributed by atoms with van der Waals surface area (Å²) in [6.45, 7) is 4.85. The van der Waals surface area contributed by atoms with Crippen LogP contribution in [0.1, 0.15) is 31.1 Å². The summed E-state index contributed by atoms with van der Waals surface area (Å²) in [4.78, 5) is 12.5. The Morgan fingerprint density at radius 2 is 1.69 bits per heavy atom. The van der Waals surface area contributed by atoms with E-state index in [1.165, 1.54) is 44.4 Å². The second-order valence-electron chi connectivity index (χ2n) is 6.50. The maximum Gasteiger partial charge on any atom is 0.255 e. The molecule has 8 nitrogen and oxygen atoms in total. The van der Waals surface area contributed by atoms with Gasteiger partial charge in [-0.3, -0.25) is 4.79 Å². The van der Waals surface area contributed by atoms with Crippen molar-refractivity contribution in [1.29, 1.82) is 0 Å². The van der Waals surface area contributed by atoms with Crippen molar-refractivity contribution < 1.29 is 26.4 Å². The molecule has 0 fully saturated rings. The minimum atomic E-state index is -3.92. The van der Waals surface area contributed by atoms with Crippen LogP contribution in [0.5, 0.6) is 5.75 Å². The summed E-state index contributed by atoms with van der Waals surface area (Å²) >= 11 is 0. The molecule has 29 heavy (non-hydrogen) atoms. The second-order valence-corrected chi connectivity index (χ2v) is 10.4. The fourth-order valence-electron chi connectivity index (χ4n) is 2.59. The lowest BCUT2D eigenvalue weighted by atomic mass is 10.2. The van der Waals surface area contributed by atoms with Crippen LogP contribution in [0.2, 0.25) is 0 Å². The average Bonchev–Trinajstić information content (AvgIpc) is 2.66. The summed E-state index contributed by atoms with van der Waals surface area (Å²) in [5, 5.41) is 2.55. The zero-order valence-electron chi connectivity index (χ0n) is 16.6. The highest BCUT2D eigenvalue weighted by Gasteiger charge is 2.23. The van der Waals surface area contributed by atoms with Crippen molar-refractivity contribution in [2.24, 2.45) is 0 Å². The maximum atomic E-state index is 12.7. The smallest absolute Gasteiger partial charge is 0.255 e. The molecule has 2 rings (SSSR count). The van der Waals surface area contributed by atoms with Crippen LogP contribution in [0, 0.1) is 0 Å². The monoisotopic (exact) mass is 440 g/mol. The van der Waals surface area contributed by atoms with Crippen LogP contribution in [-0.4, -0.2) is 41.6 Å². The van der Waals surface area contributed by atoms with E-state index < -0.39 is 25.8 Å². The minimum Gasteiger partial charge on any atom is -0.495 e. The Balaban J connectivity index is 2.45. The average molecular weight is 441 g/mol. The number of sulfone groups is 1. The number of ether oxygens (including phenoxy) is 1. The summed E-state index contributed by atoms with van der Waals surface area (Å²) in [6.07, 6.45) is 0. The number of benzene rings is 2. The third-order valence-electron chi connectivity index (χ3n) is 3.96. The number of carbonyl (C=O) groups excluding carboxylic acids is 1. The normalized spacial score (nSPS) is 12.0. The molecule has 0 aliphatic heterocycles. The van der Waals surface area contributed by atoms with Gasteiger partial charge in [0.15, 0.2) is 9.84 Å². The van der Waals surface area contributed by atoms with Crippen molar-refractivity contribution in [3.05, 3.63) is 48.0 Å². The van der Waals surface area contributed by atoms with E-state index in [-0.39, 0.29) is 38.6 Å². The summed E-state index contributed by atoms with van der Waals surface area (Å²) in [5.74, 6) is -0.679. The first-order valence-corrected chi connectivity index (χ1v) is 12.0. The molecule has 10 heteroatoms. The number of carbonyl (C=O) groups is 1. The summed E-state index contributed by atoms with van der Waals surface area (Å²) in [7, 11) is -6.14. The first-order chi connectivity index (χ1) is 13.5. The molecule has 0 radical (unpaired) electrons. The van der Waals surface area contributed by atoms with Crippen LogP contribution < -0.4 is 14.8 Å². The number of methoxy groups -OCH3 is 1. The Morgan fingerprint density at radius 3 is 2.28 bits per heavy atom. The molecule has 0 aliphatic carbocycles. The Morgan fingerprint density at radius 1 is 1.03 bits per heavy atom. The van der Waals surface area contributed by atoms with E-state index in [0.29, 0.717) is 0 Å². The van der Waals surface area contributed by atoms with Crippen LogP contribution in [0.4, 0.5) is 5.69 Å². The van der Waals surface area contributed by atoms with Crippen molar-refractivity contribution in [2.45, 2.75) is 36.6 Å².